The van der Waals surface area contributed by atoms with E-state index >= 15 is 0 Å². The lowest BCUT2D eigenvalue weighted by Gasteiger charge is -2.20. The largest absolute Gasteiger partial charge is 0.342 e. The summed E-state index contributed by atoms with van der Waals surface area (Å²) in [5.41, 5.74) is 5.96. The Balaban J connectivity index is 2.26. The molecule has 96 valence electrons. The molecule has 0 bridgehead atoms. The molecule has 0 amide bonds. The zero-order chi connectivity index (χ0) is 12.9. The van der Waals surface area contributed by atoms with Crippen LogP contribution in [0.3, 0.4) is 0 Å². The molecule has 1 aliphatic rings. The maximum Gasteiger partial charge on any atom is 0.0486 e. The van der Waals surface area contributed by atoms with Crippen LogP contribution in [0.15, 0.2) is 18.2 Å². The van der Waals surface area contributed by atoms with Crippen LogP contribution in [0.4, 0.5) is 0 Å². The molecule has 2 heterocycles. The smallest absolute Gasteiger partial charge is 0.0486 e. The molecule has 0 saturated carbocycles. The number of nitrogens with zero attached hydrogens (tertiary/aromatic N) is 1. The van der Waals surface area contributed by atoms with Gasteiger partial charge >= 0.3 is 0 Å². The van der Waals surface area contributed by atoms with Crippen LogP contribution in [-0.2, 0) is 18.5 Å². The first-order chi connectivity index (χ1) is 8.48. The van der Waals surface area contributed by atoms with E-state index in [0.717, 1.165) is 19.6 Å². The highest BCUT2D eigenvalue weighted by Gasteiger charge is 2.19. The molecule has 1 aliphatic heterocycles. The SMILES string of the molecule is Cc1c2n(c3ccc(C(C)(C)C)cc13)CCNC2. The van der Waals surface area contributed by atoms with Crippen molar-refractivity contribution in [1.29, 1.82) is 0 Å². The monoisotopic (exact) mass is 242 g/mol. The molecule has 0 fully saturated rings. The van der Waals surface area contributed by atoms with Crippen molar-refractivity contribution in [2.24, 2.45) is 0 Å². The maximum atomic E-state index is 3.47. The van der Waals surface area contributed by atoms with Gasteiger partial charge in [-0.1, -0.05) is 26.8 Å². The van der Waals surface area contributed by atoms with Gasteiger partial charge in [-0.25, -0.2) is 0 Å². The minimum absolute atomic E-state index is 0.224. The molecule has 18 heavy (non-hydrogen) atoms. The van der Waals surface area contributed by atoms with Crippen LogP contribution >= 0.6 is 0 Å². The molecule has 2 heteroatoms. The van der Waals surface area contributed by atoms with Gasteiger partial charge in [-0.2, -0.15) is 0 Å². The lowest BCUT2D eigenvalue weighted by atomic mass is 9.86. The number of aryl methyl sites for hydroxylation is 1. The van der Waals surface area contributed by atoms with Crippen LogP contribution in [0.1, 0.15) is 37.6 Å². The topological polar surface area (TPSA) is 17.0 Å². The Morgan fingerprint density at radius 2 is 2.00 bits per heavy atom. The van der Waals surface area contributed by atoms with Gasteiger partial charge in [0.1, 0.15) is 0 Å². The molecule has 0 radical (unpaired) electrons. The fourth-order valence-electron chi connectivity index (χ4n) is 2.92. The van der Waals surface area contributed by atoms with Crippen LogP contribution < -0.4 is 5.32 Å². The molecule has 1 aromatic heterocycles. The second kappa shape index (κ2) is 3.86. The Labute approximate surface area is 109 Å². The number of benzene rings is 1. The lowest BCUT2D eigenvalue weighted by molar-refractivity contribution is 0.524. The normalized spacial score (nSPS) is 16.0. The summed E-state index contributed by atoms with van der Waals surface area (Å²) in [6.45, 7) is 12.3. The van der Waals surface area contributed by atoms with Crippen molar-refractivity contribution < 1.29 is 0 Å². The Morgan fingerprint density at radius 3 is 2.72 bits per heavy atom. The van der Waals surface area contributed by atoms with Crippen molar-refractivity contribution in [1.82, 2.24) is 9.88 Å². The highest BCUT2D eigenvalue weighted by atomic mass is 15.1. The molecule has 3 rings (SSSR count). The maximum absolute atomic E-state index is 3.47. The van der Waals surface area contributed by atoms with Gasteiger partial charge < -0.3 is 9.88 Å². The number of fused-ring (bicyclic) bond motifs is 3. The van der Waals surface area contributed by atoms with E-state index in [9.17, 15) is 0 Å². The first-order valence-electron chi connectivity index (χ1n) is 6.81. The summed E-state index contributed by atoms with van der Waals surface area (Å²) in [5.74, 6) is 0. The van der Waals surface area contributed by atoms with Gasteiger partial charge in [0, 0.05) is 36.2 Å². The van der Waals surface area contributed by atoms with E-state index in [1.165, 1.54) is 27.7 Å². The van der Waals surface area contributed by atoms with E-state index in [1.54, 1.807) is 0 Å². The second-order valence-electron chi connectivity index (χ2n) is 6.38. The van der Waals surface area contributed by atoms with Gasteiger partial charge in [0.05, 0.1) is 0 Å². The van der Waals surface area contributed by atoms with Gasteiger partial charge in [-0.3, -0.25) is 0 Å². The van der Waals surface area contributed by atoms with Crippen molar-refractivity contribution in [3.05, 3.63) is 35.0 Å². The van der Waals surface area contributed by atoms with Crippen LogP contribution in [0.5, 0.6) is 0 Å². The first kappa shape index (κ1) is 11.8. The lowest BCUT2D eigenvalue weighted by Crippen LogP contribution is -2.27. The van der Waals surface area contributed by atoms with Crippen molar-refractivity contribution in [3.8, 4) is 0 Å². The number of rotatable bonds is 0. The van der Waals surface area contributed by atoms with Crippen molar-refractivity contribution in [2.45, 2.75) is 46.2 Å². The molecule has 0 unspecified atom stereocenters. The number of aromatic nitrogens is 1. The van der Waals surface area contributed by atoms with Gasteiger partial charge in [0.25, 0.3) is 0 Å². The van der Waals surface area contributed by atoms with Crippen molar-refractivity contribution in [2.75, 3.05) is 6.54 Å². The number of nitrogens with one attached hydrogen (secondary N) is 1. The van der Waals surface area contributed by atoms with Crippen molar-refractivity contribution >= 4 is 10.9 Å². The fourth-order valence-corrected chi connectivity index (χ4v) is 2.92. The molecule has 0 saturated heterocycles. The Bertz CT molecular complexity index is 600. The highest BCUT2D eigenvalue weighted by molar-refractivity contribution is 5.86. The van der Waals surface area contributed by atoms with E-state index < -0.39 is 0 Å². The number of hydrogen-bond donors (Lipinski definition) is 1. The second-order valence-corrected chi connectivity index (χ2v) is 6.38. The molecule has 0 atom stereocenters. The van der Waals surface area contributed by atoms with E-state index in [1.807, 2.05) is 0 Å². The molecule has 2 aromatic rings. The molecular weight excluding hydrogens is 220 g/mol. The molecule has 2 nitrogen and oxygen atoms in total. The molecule has 0 aliphatic carbocycles. The molecule has 0 spiro atoms. The summed E-state index contributed by atoms with van der Waals surface area (Å²) in [4.78, 5) is 0. The van der Waals surface area contributed by atoms with Gasteiger partial charge in [-0.15, -0.1) is 0 Å². The van der Waals surface area contributed by atoms with E-state index in [4.69, 9.17) is 0 Å². The Morgan fingerprint density at radius 1 is 1.22 bits per heavy atom. The third kappa shape index (κ3) is 1.67. The molecule has 1 N–H and O–H groups in total. The van der Waals surface area contributed by atoms with Gasteiger partial charge in [0.2, 0.25) is 0 Å². The zero-order valence-electron chi connectivity index (χ0n) is 11.8. The Kier molecular flexibility index (Phi) is 2.53. The standard InChI is InChI=1S/C16H22N2/c1-11-13-9-12(16(2,3)4)5-6-14(13)18-8-7-17-10-15(11)18/h5-6,9,17H,7-8,10H2,1-4H3. The van der Waals surface area contributed by atoms with E-state index in [-0.39, 0.29) is 5.41 Å². The summed E-state index contributed by atoms with van der Waals surface area (Å²) in [6, 6.07) is 6.98. The predicted molar refractivity (Wildman–Crippen MR) is 77.1 cm³/mol. The average molecular weight is 242 g/mol. The van der Waals surface area contributed by atoms with E-state index in [2.05, 4.69) is 55.8 Å². The van der Waals surface area contributed by atoms with Crippen LogP contribution in [0, 0.1) is 6.92 Å². The van der Waals surface area contributed by atoms with Crippen LogP contribution in [-0.4, -0.2) is 11.1 Å². The number of hydrogen-bond acceptors (Lipinski definition) is 1. The predicted octanol–water partition coefficient (Wildman–Crippen LogP) is 3.35. The fraction of sp³-hybridized carbons (Fsp3) is 0.500. The minimum Gasteiger partial charge on any atom is -0.342 e. The Hall–Kier alpha value is -1.28. The summed E-state index contributed by atoms with van der Waals surface area (Å²) in [6.07, 6.45) is 0. The van der Waals surface area contributed by atoms with E-state index in [0.29, 0.717) is 0 Å². The van der Waals surface area contributed by atoms with Gasteiger partial charge in [-0.05, 0) is 35.6 Å². The quantitative estimate of drug-likeness (QED) is 0.749. The average Bonchev–Trinajstić information content (AvgIpc) is 2.63. The minimum atomic E-state index is 0.224. The summed E-state index contributed by atoms with van der Waals surface area (Å²) >= 11 is 0. The van der Waals surface area contributed by atoms with Crippen LogP contribution in [0.25, 0.3) is 10.9 Å². The summed E-state index contributed by atoms with van der Waals surface area (Å²) < 4.78 is 2.48. The van der Waals surface area contributed by atoms with Gasteiger partial charge in [0.15, 0.2) is 0 Å². The summed E-state index contributed by atoms with van der Waals surface area (Å²) in [7, 11) is 0. The zero-order valence-corrected chi connectivity index (χ0v) is 11.8. The van der Waals surface area contributed by atoms with Crippen molar-refractivity contribution in [3.63, 3.8) is 0 Å². The third-order valence-electron chi connectivity index (χ3n) is 4.12. The summed E-state index contributed by atoms with van der Waals surface area (Å²) in [5, 5.41) is 4.90. The third-order valence-corrected chi connectivity index (χ3v) is 4.12. The first-order valence-corrected chi connectivity index (χ1v) is 6.81. The highest BCUT2D eigenvalue weighted by Crippen LogP contribution is 2.31. The molecule has 1 aromatic carbocycles. The van der Waals surface area contributed by atoms with Crippen LogP contribution in [0.2, 0.25) is 0 Å². The molecular formula is C16H22N2.